The number of aromatic nitrogens is 1. The van der Waals surface area contributed by atoms with Crippen LogP contribution in [0.2, 0.25) is 0 Å². The lowest BCUT2D eigenvalue weighted by Crippen LogP contribution is -2.35. The first-order valence-corrected chi connectivity index (χ1v) is 7.79. The topological polar surface area (TPSA) is 50.9 Å². The number of hydrogen-bond donors (Lipinski definition) is 2. The van der Waals surface area contributed by atoms with Crippen LogP contribution >= 0.6 is 23.1 Å². The monoisotopic (exact) mass is 257 g/mol. The van der Waals surface area contributed by atoms with E-state index in [1.807, 2.05) is 11.8 Å². The van der Waals surface area contributed by atoms with E-state index in [0.717, 1.165) is 16.7 Å². The zero-order chi connectivity index (χ0) is 11.4. The summed E-state index contributed by atoms with van der Waals surface area (Å²) in [5.74, 6) is 0. The molecule has 1 aromatic rings. The van der Waals surface area contributed by atoms with Crippen LogP contribution in [0.5, 0.6) is 0 Å². The molecule has 3 nitrogen and oxygen atoms in total. The second-order valence-electron chi connectivity index (χ2n) is 4.37. The minimum Gasteiger partial charge on any atom is -0.389 e. The number of nitrogens with two attached hydrogens (primary N) is 1. The van der Waals surface area contributed by atoms with Crippen LogP contribution in [0.1, 0.15) is 32.1 Å². The highest BCUT2D eigenvalue weighted by molar-refractivity contribution is 8.00. The summed E-state index contributed by atoms with van der Waals surface area (Å²) in [5.41, 5.74) is 5.66. The van der Waals surface area contributed by atoms with Crippen molar-refractivity contribution in [2.24, 2.45) is 0 Å². The molecule has 1 aliphatic carbocycles. The maximum Gasteiger partial charge on any atom is 0.184 e. The van der Waals surface area contributed by atoms with Gasteiger partial charge in [0.2, 0.25) is 0 Å². The molecule has 1 aromatic heterocycles. The van der Waals surface area contributed by atoms with Crippen LogP contribution in [0.25, 0.3) is 0 Å². The van der Waals surface area contributed by atoms with Gasteiger partial charge in [0.15, 0.2) is 5.13 Å². The smallest absolute Gasteiger partial charge is 0.184 e. The van der Waals surface area contributed by atoms with Gasteiger partial charge in [-0.2, -0.15) is 11.8 Å². The van der Waals surface area contributed by atoms with Gasteiger partial charge >= 0.3 is 0 Å². The van der Waals surface area contributed by atoms with Crippen molar-refractivity contribution < 1.29 is 0 Å². The molecule has 2 rings (SSSR count). The van der Waals surface area contributed by atoms with E-state index in [0.29, 0.717) is 4.75 Å². The minimum atomic E-state index is 0.415. The zero-order valence-corrected chi connectivity index (χ0v) is 11.3. The van der Waals surface area contributed by atoms with Crippen molar-refractivity contribution in [3.05, 3.63) is 6.20 Å². The Kier molecular flexibility index (Phi) is 3.97. The molecule has 0 bridgehead atoms. The molecule has 0 aromatic carbocycles. The van der Waals surface area contributed by atoms with Gasteiger partial charge in [0, 0.05) is 11.3 Å². The van der Waals surface area contributed by atoms with Crippen molar-refractivity contribution in [1.29, 1.82) is 0 Å². The highest BCUT2D eigenvalue weighted by Crippen LogP contribution is 2.38. The van der Waals surface area contributed by atoms with Crippen LogP contribution < -0.4 is 11.1 Å². The van der Waals surface area contributed by atoms with Gasteiger partial charge in [-0.1, -0.05) is 30.6 Å². The summed E-state index contributed by atoms with van der Waals surface area (Å²) < 4.78 is 0.415. The van der Waals surface area contributed by atoms with Crippen LogP contribution in [-0.4, -0.2) is 22.5 Å². The van der Waals surface area contributed by atoms with Gasteiger partial charge in [-0.15, -0.1) is 0 Å². The van der Waals surface area contributed by atoms with E-state index >= 15 is 0 Å². The Morgan fingerprint density at radius 1 is 1.50 bits per heavy atom. The molecule has 0 spiro atoms. The van der Waals surface area contributed by atoms with Gasteiger partial charge in [-0.05, 0) is 19.1 Å². The third-order valence-corrected chi connectivity index (χ3v) is 5.49. The summed E-state index contributed by atoms with van der Waals surface area (Å²) in [6.07, 6.45) is 10.7. The Morgan fingerprint density at radius 3 is 2.81 bits per heavy atom. The second kappa shape index (κ2) is 5.27. The van der Waals surface area contributed by atoms with Gasteiger partial charge in [0.25, 0.3) is 0 Å². The summed E-state index contributed by atoms with van der Waals surface area (Å²) in [6.45, 7) is 1.01. The van der Waals surface area contributed by atoms with Crippen molar-refractivity contribution in [3.8, 4) is 0 Å². The Bertz CT molecular complexity index is 332. The largest absolute Gasteiger partial charge is 0.389 e. The minimum absolute atomic E-state index is 0.415. The third kappa shape index (κ3) is 2.83. The van der Waals surface area contributed by atoms with Crippen LogP contribution in [0.4, 0.5) is 10.1 Å². The van der Waals surface area contributed by atoms with Crippen molar-refractivity contribution in [2.45, 2.75) is 36.9 Å². The van der Waals surface area contributed by atoms with E-state index in [1.165, 1.54) is 43.4 Å². The first-order chi connectivity index (χ1) is 7.74. The molecule has 1 fully saturated rings. The fraction of sp³-hybridized carbons (Fsp3) is 0.727. The molecule has 0 saturated heterocycles. The Balaban J connectivity index is 1.91. The number of nitrogens with zero attached hydrogens (tertiary/aromatic N) is 1. The molecule has 0 atom stereocenters. The SMILES string of the molecule is CSC1(CNc2ncc(N)s2)CCCCC1. The average molecular weight is 257 g/mol. The maximum absolute atomic E-state index is 5.66. The number of thiazole rings is 1. The first kappa shape index (κ1) is 12.0. The zero-order valence-electron chi connectivity index (χ0n) is 9.66. The van der Waals surface area contributed by atoms with Crippen LogP contribution in [0.3, 0.4) is 0 Å². The number of rotatable bonds is 4. The maximum atomic E-state index is 5.66. The first-order valence-electron chi connectivity index (χ1n) is 5.74. The molecule has 5 heteroatoms. The van der Waals surface area contributed by atoms with Crippen molar-refractivity contribution in [2.75, 3.05) is 23.9 Å². The molecule has 1 aliphatic rings. The molecular weight excluding hydrogens is 238 g/mol. The molecule has 16 heavy (non-hydrogen) atoms. The van der Waals surface area contributed by atoms with Crippen molar-refractivity contribution in [1.82, 2.24) is 4.98 Å². The van der Waals surface area contributed by atoms with E-state index < -0.39 is 0 Å². The molecule has 90 valence electrons. The van der Waals surface area contributed by atoms with Gasteiger partial charge < -0.3 is 11.1 Å². The number of nitrogens with one attached hydrogen (secondary N) is 1. The van der Waals surface area contributed by atoms with Crippen LogP contribution in [-0.2, 0) is 0 Å². The van der Waals surface area contributed by atoms with Crippen molar-refractivity contribution in [3.63, 3.8) is 0 Å². The predicted octanol–water partition coefficient (Wildman–Crippen LogP) is 3.20. The standard InChI is InChI=1S/C11H19N3S2/c1-15-11(5-3-2-4-6-11)8-14-10-13-7-9(12)16-10/h7H,2-6,8,12H2,1H3,(H,13,14). The number of nitrogen functional groups attached to an aromatic ring is 1. The third-order valence-electron chi connectivity index (χ3n) is 3.28. The van der Waals surface area contributed by atoms with Gasteiger partial charge in [-0.3, -0.25) is 0 Å². The van der Waals surface area contributed by atoms with Crippen LogP contribution in [0, 0.1) is 0 Å². The molecule has 0 aliphatic heterocycles. The van der Waals surface area contributed by atoms with E-state index in [1.54, 1.807) is 6.20 Å². The summed E-state index contributed by atoms with van der Waals surface area (Å²) >= 11 is 3.53. The van der Waals surface area contributed by atoms with Gasteiger partial charge in [0.05, 0.1) is 6.20 Å². The molecule has 1 saturated carbocycles. The molecular formula is C11H19N3S2. The Labute approximate surface area is 105 Å². The number of hydrogen-bond acceptors (Lipinski definition) is 5. The van der Waals surface area contributed by atoms with E-state index in [4.69, 9.17) is 5.73 Å². The summed E-state index contributed by atoms with van der Waals surface area (Å²) in [7, 11) is 0. The molecule has 1 heterocycles. The second-order valence-corrected chi connectivity index (χ2v) is 6.71. The molecule has 3 N–H and O–H groups in total. The predicted molar refractivity (Wildman–Crippen MR) is 74.3 cm³/mol. The summed E-state index contributed by atoms with van der Waals surface area (Å²) in [4.78, 5) is 4.24. The van der Waals surface area contributed by atoms with E-state index in [9.17, 15) is 0 Å². The van der Waals surface area contributed by atoms with E-state index in [2.05, 4.69) is 16.6 Å². The highest BCUT2D eigenvalue weighted by Gasteiger charge is 2.30. The Hall–Kier alpha value is -0.420. The Morgan fingerprint density at radius 2 is 2.25 bits per heavy atom. The number of thioether (sulfide) groups is 1. The summed E-state index contributed by atoms with van der Waals surface area (Å²) in [6, 6.07) is 0. The van der Waals surface area contributed by atoms with E-state index in [-0.39, 0.29) is 0 Å². The van der Waals surface area contributed by atoms with Crippen LogP contribution in [0.15, 0.2) is 6.20 Å². The molecule has 0 unspecified atom stereocenters. The lowest BCUT2D eigenvalue weighted by molar-refractivity contribution is 0.411. The fourth-order valence-corrected chi connectivity index (χ4v) is 3.75. The van der Waals surface area contributed by atoms with Crippen molar-refractivity contribution >= 4 is 33.2 Å². The normalized spacial score (nSPS) is 19.6. The lowest BCUT2D eigenvalue weighted by Gasteiger charge is -2.35. The number of anilines is 2. The summed E-state index contributed by atoms with van der Waals surface area (Å²) in [5, 5.41) is 5.17. The fourth-order valence-electron chi connectivity index (χ4n) is 2.25. The van der Waals surface area contributed by atoms with Gasteiger partial charge in [-0.25, -0.2) is 4.98 Å². The highest BCUT2D eigenvalue weighted by atomic mass is 32.2. The molecule has 0 radical (unpaired) electrons. The molecule has 0 amide bonds. The van der Waals surface area contributed by atoms with Gasteiger partial charge in [0.1, 0.15) is 5.00 Å². The average Bonchev–Trinajstić information content (AvgIpc) is 2.74. The quantitative estimate of drug-likeness (QED) is 0.869. The lowest BCUT2D eigenvalue weighted by atomic mass is 9.88.